The first-order valence-corrected chi connectivity index (χ1v) is 9.82. The van der Waals surface area contributed by atoms with Gasteiger partial charge in [0.2, 0.25) is 0 Å². The molecule has 7 nitrogen and oxygen atoms in total. The van der Waals surface area contributed by atoms with E-state index in [0.29, 0.717) is 31.1 Å². The highest BCUT2D eigenvalue weighted by atomic mass is 16.7. The largest absolute Gasteiger partial charge is 0.489 e. The number of likely N-dealkylation sites (tertiary alicyclic amines) is 1. The molecule has 2 saturated heterocycles. The first kappa shape index (κ1) is 19.0. The van der Waals surface area contributed by atoms with Crippen LogP contribution in [0.5, 0.6) is 5.75 Å². The highest BCUT2D eigenvalue weighted by Gasteiger charge is 2.36. The van der Waals surface area contributed by atoms with Crippen LogP contribution in [0.2, 0.25) is 0 Å². The van der Waals surface area contributed by atoms with Gasteiger partial charge in [-0.25, -0.2) is 0 Å². The number of benzene rings is 1. The molecule has 0 spiro atoms. The quantitative estimate of drug-likeness (QED) is 0.785. The van der Waals surface area contributed by atoms with Crippen molar-refractivity contribution in [1.82, 2.24) is 10.1 Å². The zero-order chi connectivity index (χ0) is 19.5. The third kappa shape index (κ3) is 3.91. The van der Waals surface area contributed by atoms with E-state index in [0.717, 1.165) is 42.8 Å². The van der Waals surface area contributed by atoms with E-state index in [1.807, 2.05) is 36.9 Å². The molecule has 0 N–H and O–H groups in total. The lowest BCUT2D eigenvalue weighted by Gasteiger charge is -2.38. The van der Waals surface area contributed by atoms with Crippen molar-refractivity contribution in [3.8, 4) is 5.75 Å². The van der Waals surface area contributed by atoms with Crippen LogP contribution in [-0.4, -0.2) is 48.1 Å². The number of rotatable bonds is 5. The number of aromatic nitrogens is 1. The normalized spacial score (nSPS) is 20.5. The van der Waals surface area contributed by atoms with E-state index < -0.39 is 0 Å². The second-order valence-corrected chi connectivity index (χ2v) is 7.29. The van der Waals surface area contributed by atoms with Crippen molar-refractivity contribution < 1.29 is 23.5 Å². The van der Waals surface area contributed by atoms with Crippen LogP contribution >= 0.6 is 0 Å². The van der Waals surface area contributed by atoms with E-state index in [1.165, 1.54) is 0 Å². The summed E-state index contributed by atoms with van der Waals surface area (Å²) in [6.45, 7) is 6.01. The maximum atomic E-state index is 13.2. The number of hydrogen-bond donors (Lipinski definition) is 0. The van der Waals surface area contributed by atoms with Crippen molar-refractivity contribution in [2.24, 2.45) is 0 Å². The van der Waals surface area contributed by atoms with Crippen LogP contribution in [-0.2, 0) is 16.1 Å². The van der Waals surface area contributed by atoms with E-state index in [2.05, 4.69) is 5.16 Å². The second kappa shape index (κ2) is 8.32. The van der Waals surface area contributed by atoms with Crippen LogP contribution in [0, 0.1) is 13.8 Å². The van der Waals surface area contributed by atoms with E-state index in [4.69, 9.17) is 18.7 Å². The van der Waals surface area contributed by atoms with E-state index in [-0.39, 0.29) is 18.2 Å². The Kier molecular flexibility index (Phi) is 5.64. The molecule has 7 heteroatoms. The fourth-order valence-electron chi connectivity index (χ4n) is 3.84. The Morgan fingerprint density at radius 3 is 2.82 bits per heavy atom. The molecular weight excluding hydrogens is 360 g/mol. The molecule has 0 bridgehead atoms. The Hall–Kier alpha value is -2.38. The van der Waals surface area contributed by atoms with Crippen molar-refractivity contribution in [2.75, 3.05) is 19.8 Å². The zero-order valence-corrected chi connectivity index (χ0v) is 16.3. The highest BCUT2D eigenvalue weighted by molar-refractivity contribution is 5.95. The number of nitrogens with zero attached hydrogens (tertiary/aromatic N) is 2. The first-order chi connectivity index (χ1) is 13.6. The smallest absolute Gasteiger partial charge is 0.254 e. The standard InChI is InChI=1S/C21H26N2O5/c1-14-18(15(2)28-22-14)13-27-17-7-5-6-16(12-17)20(24)23-9-4-3-8-19(23)21-25-10-11-26-21/h5-7,12,19,21H,3-4,8-11,13H2,1-2H3. The lowest BCUT2D eigenvalue weighted by Crippen LogP contribution is -2.50. The third-order valence-corrected chi connectivity index (χ3v) is 5.42. The van der Waals surface area contributed by atoms with Gasteiger partial charge in [-0.05, 0) is 51.3 Å². The summed E-state index contributed by atoms with van der Waals surface area (Å²) in [4.78, 5) is 15.1. The molecule has 28 heavy (non-hydrogen) atoms. The average molecular weight is 386 g/mol. The van der Waals surface area contributed by atoms with Crippen LogP contribution in [0.25, 0.3) is 0 Å². The molecule has 150 valence electrons. The lowest BCUT2D eigenvalue weighted by molar-refractivity contribution is -0.100. The Morgan fingerprint density at radius 1 is 1.25 bits per heavy atom. The molecular formula is C21H26N2O5. The fraction of sp³-hybridized carbons (Fsp3) is 0.524. The van der Waals surface area contributed by atoms with Crippen molar-refractivity contribution >= 4 is 5.91 Å². The Labute approximate surface area is 164 Å². The van der Waals surface area contributed by atoms with Gasteiger partial charge in [0.15, 0.2) is 6.29 Å². The van der Waals surface area contributed by atoms with Crippen LogP contribution < -0.4 is 4.74 Å². The van der Waals surface area contributed by atoms with Gasteiger partial charge in [-0.15, -0.1) is 0 Å². The van der Waals surface area contributed by atoms with Gasteiger partial charge >= 0.3 is 0 Å². The molecule has 3 heterocycles. The molecule has 1 aromatic carbocycles. The van der Waals surface area contributed by atoms with Gasteiger partial charge in [0.05, 0.1) is 30.5 Å². The molecule has 1 amide bonds. The average Bonchev–Trinajstić information content (AvgIpc) is 3.37. The van der Waals surface area contributed by atoms with Crippen LogP contribution in [0.15, 0.2) is 28.8 Å². The molecule has 2 aliphatic heterocycles. The Morgan fingerprint density at radius 2 is 2.07 bits per heavy atom. The summed E-state index contributed by atoms with van der Waals surface area (Å²) in [6, 6.07) is 7.29. The minimum atomic E-state index is -0.316. The molecule has 4 rings (SSSR count). The summed E-state index contributed by atoms with van der Waals surface area (Å²) in [5.41, 5.74) is 2.36. The topological polar surface area (TPSA) is 74.0 Å². The summed E-state index contributed by atoms with van der Waals surface area (Å²) >= 11 is 0. The number of amides is 1. The zero-order valence-electron chi connectivity index (χ0n) is 16.3. The van der Waals surface area contributed by atoms with Crippen molar-refractivity contribution in [1.29, 1.82) is 0 Å². The third-order valence-electron chi connectivity index (χ3n) is 5.42. The van der Waals surface area contributed by atoms with Gasteiger partial charge in [0.25, 0.3) is 5.91 Å². The second-order valence-electron chi connectivity index (χ2n) is 7.29. The number of piperidine rings is 1. The number of carbonyl (C=O) groups excluding carboxylic acids is 1. The van der Waals surface area contributed by atoms with Crippen LogP contribution in [0.3, 0.4) is 0 Å². The van der Waals surface area contributed by atoms with Crippen molar-refractivity contribution in [3.05, 3.63) is 46.8 Å². The van der Waals surface area contributed by atoms with Crippen molar-refractivity contribution in [3.63, 3.8) is 0 Å². The molecule has 0 aliphatic carbocycles. The molecule has 2 aliphatic rings. The molecule has 1 atom stereocenters. The van der Waals surface area contributed by atoms with Gasteiger partial charge in [-0.1, -0.05) is 11.2 Å². The fourth-order valence-corrected chi connectivity index (χ4v) is 3.84. The lowest BCUT2D eigenvalue weighted by atomic mass is 10.00. The number of carbonyl (C=O) groups is 1. The van der Waals surface area contributed by atoms with Gasteiger partial charge in [0, 0.05) is 12.1 Å². The number of ether oxygens (including phenoxy) is 3. The molecule has 0 radical (unpaired) electrons. The first-order valence-electron chi connectivity index (χ1n) is 9.82. The summed E-state index contributed by atoms with van der Waals surface area (Å²) in [5.74, 6) is 1.39. The summed E-state index contributed by atoms with van der Waals surface area (Å²) in [7, 11) is 0. The van der Waals surface area contributed by atoms with Gasteiger partial charge in [-0.3, -0.25) is 4.79 Å². The summed E-state index contributed by atoms with van der Waals surface area (Å²) < 4.78 is 22.4. The van der Waals surface area contributed by atoms with Crippen LogP contribution in [0.1, 0.15) is 46.6 Å². The van der Waals surface area contributed by atoms with E-state index in [9.17, 15) is 4.79 Å². The highest BCUT2D eigenvalue weighted by Crippen LogP contribution is 2.27. The minimum Gasteiger partial charge on any atom is -0.489 e. The molecule has 0 saturated carbocycles. The van der Waals surface area contributed by atoms with Gasteiger partial charge < -0.3 is 23.6 Å². The molecule has 1 aromatic heterocycles. The minimum absolute atomic E-state index is 0.00779. The number of hydrogen-bond acceptors (Lipinski definition) is 6. The molecule has 2 fully saturated rings. The summed E-state index contributed by atoms with van der Waals surface area (Å²) in [6.07, 6.45) is 2.66. The van der Waals surface area contributed by atoms with E-state index in [1.54, 1.807) is 6.07 Å². The van der Waals surface area contributed by atoms with Crippen molar-refractivity contribution in [2.45, 2.75) is 52.0 Å². The predicted octanol–water partition coefficient (Wildman–Crippen LogP) is 3.24. The predicted molar refractivity (Wildman–Crippen MR) is 101 cm³/mol. The Bertz CT molecular complexity index is 808. The molecule has 2 aromatic rings. The maximum Gasteiger partial charge on any atom is 0.254 e. The van der Waals surface area contributed by atoms with Crippen LogP contribution in [0.4, 0.5) is 0 Å². The number of aryl methyl sites for hydroxylation is 2. The Balaban J connectivity index is 1.47. The van der Waals surface area contributed by atoms with Gasteiger partial charge in [0.1, 0.15) is 18.1 Å². The maximum absolute atomic E-state index is 13.2. The van der Waals surface area contributed by atoms with Gasteiger partial charge in [-0.2, -0.15) is 0 Å². The summed E-state index contributed by atoms with van der Waals surface area (Å²) in [5, 5.41) is 3.94. The molecule has 1 unspecified atom stereocenters. The monoisotopic (exact) mass is 386 g/mol. The van der Waals surface area contributed by atoms with E-state index >= 15 is 0 Å². The SMILES string of the molecule is Cc1noc(C)c1COc1cccc(C(=O)N2CCCCC2C2OCCO2)c1.